The number of rotatable bonds is 1. The van der Waals surface area contributed by atoms with Gasteiger partial charge in [0.2, 0.25) is 0 Å². The second kappa shape index (κ2) is 4.69. The van der Waals surface area contributed by atoms with E-state index in [9.17, 15) is 0 Å². The monoisotopic (exact) mass is 279 g/mol. The van der Waals surface area contributed by atoms with E-state index in [4.69, 9.17) is 4.99 Å². The Hall–Kier alpha value is -2.16. The SMILES string of the molecule is Cc1cc(C2=NC(C)(C)N(C)c3ccccc32)cnc1C. The van der Waals surface area contributed by atoms with Gasteiger partial charge in [0.1, 0.15) is 5.66 Å². The highest BCUT2D eigenvalue weighted by Crippen LogP contribution is 2.34. The summed E-state index contributed by atoms with van der Waals surface area (Å²) in [6.07, 6.45) is 1.93. The molecule has 0 saturated carbocycles. The molecule has 3 nitrogen and oxygen atoms in total. The Bertz CT molecular complexity index is 729. The number of pyridine rings is 1. The smallest absolute Gasteiger partial charge is 0.126 e. The van der Waals surface area contributed by atoms with Crippen LogP contribution in [0.5, 0.6) is 0 Å². The summed E-state index contributed by atoms with van der Waals surface area (Å²) in [7, 11) is 2.09. The van der Waals surface area contributed by atoms with Crippen LogP contribution in [0.4, 0.5) is 5.69 Å². The summed E-state index contributed by atoms with van der Waals surface area (Å²) >= 11 is 0. The lowest BCUT2D eigenvalue weighted by Gasteiger charge is -2.40. The van der Waals surface area contributed by atoms with Gasteiger partial charge in [-0.05, 0) is 45.4 Å². The molecule has 108 valence electrons. The van der Waals surface area contributed by atoms with Crippen LogP contribution in [0.2, 0.25) is 0 Å². The fourth-order valence-electron chi connectivity index (χ4n) is 2.66. The number of anilines is 1. The minimum absolute atomic E-state index is 0.261. The molecule has 0 aliphatic carbocycles. The second-order valence-electron chi connectivity index (χ2n) is 6.16. The number of hydrogen-bond acceptors (Lipinski definition) is 3. The number of hydrogen-bond donors (Lipinski definition) is 0. The van der Waals surface area contributed by atoms with E-state index in [1.165, 1.54) is 16.8 Å². The normalized spacial score (nSPS) is 16.4. The van der Waals surface area contributed by atoms with Crippen molar-refractivity contribution in [3.8, 4) is 0 Å². The predicted octanol–water partition coefficient (Wildman–Crippen LogP) is 3.72. The maximum atomic E-state index is 4.98. The Morgan fingerprint density at radius 2 is 1.81 bits per heavy atom. The van der Waals surface area contributed by atoms with Crippen molar-refractivity contribution in [3.05, 3.63) is 58.9 Å². The van der Waals surface area contributed by atoms with E-state index in [0.29, 0.717) is 0 Å². The van der Waals surface area contributed by atoms with Gasteiger partial charge in [-0.15, -0.1) is 0 Å². The molecule has 3 rings (SSSR count). The first-order chi connectivity index (χ1) is 9.90. The number of fused-ring (bicyclic) bond motifs is 1. The zero-order valence-corrected chi connectivity index (χ0v) is 13.3. The molecule has 0 amide bonds. The van der Waals surface area contributed by atoms with Crippen molar-refractivity contribution in [2.45, 2.75) is 33.4 Å². The quantitative estimate of drug-likeness (QED) is 0.796. The van der Waals surface area contributed by atoms with Gasteiger partial charge in [-0.3, -0.25) is 9.98 Å². The van der Waals surface area contributed by atoms with Crippen LogP contribution in [-0.4, -0.2) is 23.4 Å². The van der Waals surface area contributed by atoms with Gasteiger partial charge in [0, 0.05) is 35.8 Å². The van der Waals surface area contributed by atoms with Gasteiger partial charge in [0.25, 0.3) is 0 Å². The molecule has 0 saturated heterocycles. The van der Waals surface area contributed by atoms with Crippen molar-refractivity contribution in [1.29, 1.82) is 0 Å². The number of aryl methyl sites for hydroxylation is 2. The van der Waals surface area contributed by atoms with Gasteiger partial charge in [0.15, 0.2) is 0 Å². The van der Waals surface area contributed by atoms with E-state index >= 15 is 0 Å². The molecular formula is C18H21N3. The van der Waals surface area contributed by atoms with Crippen molar-refractivity contribution < 1.29 is 0 Å². The summed E-state index contributed by atoms with van der Waals surface area (Å²) in [5.74, 6) is 0. The molecule has 21 heavy (non-hydrogen) atoms. The van der Waals surface area contributed by atoms with Crippen LogP contribution >= 0.6 is 0 Å². The molecule has 3 heteroatoms. The number of para-hydroxylation sites is 1. The third kappa shape index (κ3) is 2.23. The van der Waals surface area contributed by atoms with Crippen LogP contribution in [0.25, 0.3) is 0 Å². The van der Waals surface area contributed by atoms with E-state index in [2.05, 4.69) is 68.0 Å². The molecule has 1 aliphatic heterocycles. The summed E-state index contributed by atoms with van der Waals surface area (Å²) in [6, 6.07) is 10.6. The predicted molar refractivity (Wildman–Crippen MR) is 88.3 cm³/mol. The molecule has 0 spiro atoms. The van der Waals surface area contributed by atoms with Crippen LogP contribution in [0, 0.1) is 13.8 Å². The number of aromatic nitrogens is 1. The van der Waals surface area contributed by atoms with Crippen LogP contribution in [-0.2, 0) is 0 Å². The van der Waals surface area contributed by atoms with Crippen molar-refractivity contribution in [3.63, 3.8) is 0 Å². The first-order valence-electron chi connectivity index (χ1n) is 7.27. The number of benzene rings is 1. The van der Waals surface area contributed by atoms with Gasteiger partial charge in [-0.2, -0.15) is 0 Å². The van der Waals surface area contributed by atoms with Crippen molar-refractivity contribution in [1.82, 2.24) is 4.98 Å². The summed E-state index contributed by atoms with van der Waals surface area (Å²) in [4.78, 5) is 11.7. The molecule has 2 aromatic rings. The van der Waals surface area contributed by atoms with Crippen LogP contribution in [0.3, 0.4) is 0 Å². The Kier molecular flexibility index (Phi) is 3.08. The fourth-order valence-corrected chi connectivity index (χ4v) is 2.66. The molecular weight excluding hydrogens is 258 g/mol. The van der Waals surface area contributed by atoms with E-state index < -0.39 is 0 Å². The van der Waals surface area contributed by atoms with E-state index in [1.807, 2.05) is 13.1 Å². The first-order valence-corrected chi connectivity index (χ1v) is 7.27. The molecule has 2 heterocycles. The Morgan fingerprint density at radius 1 is 1.10 bits per heavy atom. The molecule has 0 unspecified atom stereocenters. The molecule has 1 aromatic heterocycles. The Labute approximate surface area is 126 Å². The van der Waals surface area contributed by atoms with Crippen molar-refractivity contribution >= 4 is 11.4 Å². The molecule has 0 N–H and O–H groups in total. The highest BCUT2D eigenvalue weighted by atomic mass is 15.3. The highest BCUT2D eigenvalue weighted by molar-refractivity contribution is 6.17. The van der Waals surface area contributed by atoms with Crippen LogP contribution in [0.1, 0.15) is 36.2 Å². The van der Waals surface area contributed by atoms with Gasteiger partial charge in [-0.1, -0.05) is 18.2 Å². The minimum Gasteiger partial charge on any atom is -0.350 e. The molecule has 0 fully saturated rings. The van der Waals surface area contributed by atoms with Crippen LogP contribution < -0.4 is 4.90 Å². The van der Waals surface area contributed by atoms with Crippen molar-refractivity contribution in [2.75, 3.05) is 11.9 Å². The Morgan fingerprint density at radius 3 is 2.52 bits per heavy atom. The standard InChI is InChI=1S/C18H21N3/c1-12-10-14(11-19-13(12)2)17-15-8-6-7-9-16(15)21(5)18(3,4)20-17/h6-11H,1-5H3. The molecule has 1 aromatic carbocycles. The summed E-state index contributed by atoms with van der Waals surface area (Å²) in [5, 5.41) is 0. The fraction of sp³-hybridized carbons (Fsp3) is 0.333. The van der Waals surface area contributed by atoms with Gasteiger partial charge in [0.05, 0.1) is 5.71 Å². The lowest BCUT2D eigenvalue weighted by atomic mass is 9.95. The topological polar surface area (TPSA) is 28.5 Å². The zero-order valence-electron chi connectivity index (χ0n) is 13.3. The molecule has 0 atom stereocenters. The third-order valence-corrected chi connectivity index (χ3v) is 4.34. The van der Waals surface area contributed by atoms with Gasteiger partial charge in [-0.25, -0.2) is 0 Å². The average molecular weight is 279 g/mol. The van der Waals surface area contributed by atoms with E-state index in [1.54, 1.807) is 0 Å². The van der Waals surface area contributed by atoms with Gasteiger partial charge < -0.3 is 4.90 Å². The zero-order chi connectivity index (χ0) is 15.2. The van der Waals surface area contributed by atoms with E-state index in [-0.39, 0.29) is 5.66 Å². The minimum atomic E-state index is -0.261. The van der Waals surface area contributed by atoms with E-state index in [0.717, 1.165) is 17.0 Å². The van der Waals surface area contributed by atoms with Crippen LogP contribution in [0.15, 0.2) is 41.5 Å². The summed E-state index contributed by atoms with van der Waals surface area (Å²) in [5.41, 5.74) is 6.51. The lowest BCUT2D eigenvalue weighted by molar-refractivity contribution is 0.507. The first kappa shape index (κ1) is 13.8. The maximum absolute atomic E-state index is 4.98. The third-order valence-electron chi connectivity index (χ3n) is 4.34. The highest BCUT2D eigenvalue weighted by Gasteiger charge is 2.31. The second-order valence-corrected chi connectivity index (χ2v) is 6.16. The maximum Gasteiger partial charge on any atom is 0.126 e. The number of aliphatic imine (C=N–C) groups is 1. The summed E-state index contributed by atoms with van der Waals surface area (Å²) in [6.45, 7) is 8.40. The Balaban J connectivity index is 2.23. The molecule has 0 bridgehead atoms. The lowest BCUT2D eigenvalue weighted by Crippen LogP contribution is -2.44. The average Bonchev–Trinajstić information content (AvgIpc) is 2.46. The number of nitrogens with zero attached hydrogens (tertiary/aromatic N) is 3. The molecule has 1 aliphatic rings. The largest absolute Gasteiger partial charge is 0.350 e. The van der Waals surface area contributed by atoms with Gasteiger partial charge >= 0.3 is 0 Å². The molecule has 0 radical (unpaired) electrons. The summed E-state index contributed by atoms with van der Waals surface area (Å²) < 4.78 is 0. The van der Waals surface area contributed by atoms with Crippen molar-refractivity contribution in [2.24, 2.45) is 4.99 Å².